The van der Waals surface area contributed by atoms with Gasteiger partial charge in [0.05, 0.1) is 11.4 Å². The predicted octanol–water partition coefficient (Wildman–Crippen LogP) is 3.17. The summed E-state index contributed by atoms with van der Waals surface area (Å²) < 4.78 is 1.75. The molecule has 0 aliphatic rings. The maximum atomic E-state index is 11.2. The summed E-state index contributed by atoms with van der Waals surface area (Å²) in [5.41, 5.74) is 4.66. The molecule has 0 unspecified atom stereocenters. The van der Waals surface area contributed by atoms with Crippen LogP contribution in [-0.2, 0) is 12.8 Å². The monoisotopic (exact) mass is 291 g/mol. The molecule has 110 valence electrons. The van der Waals surface area contributed by atoms with E-state index in [2.05, 4.69) is 41.5 Å². The topological polar surface area (TPSA) is 47.8 Å². The van der Waals surface area contributed by atoms with Crippen LogP contribution in [0.2, 0.25) is 0 Å². The second-order valence-corrected chi connectivity index (χ2v) is 5.27. The predicted molar refractivity (Wildman–Crippen MR) is 85.3 cm³/mol. The highest BCUT2D eigenvalue weighted by molar-refractivity contribution is 5.73. The minimum Gasteiger partial charge on any atom is -0.296 e. The Morgan fingerprint density at radius 1 is 1.00 bits per heavy atom. The van der Waals surface area contributed by atoms with Crippen LogP contribution < -0.4 is 0 Å². The third kappa shape index (κ3) is 2.96. The van der Waals surface area contributed by atoms with Gasteiger partial charge in [-0.25, -0.2) is 4.68 Å². The quantitative estimate of drug-likeness (QED) is 0.678. The largest absolute Gasteiger partial charge is 0.296 e. The van der Waals surface area contributed by atoms with Gasteiger partial charge in [0.1, 0.15) is 5.69 Å². The second-order valence-electron chi connectivity index (χ2n) is 5.27. The Morgan fingerprint density at radius 2 is 1.73 bits per heavy atom. The Kier molecular flexibility index (Phi) is 4.10. The Bertz CT molecular complexity index is 761. The van der Waals surface area contributed by atoms with E-state index in [1.54, 1.807) is 4.68 Å². The molecule has 0 spiro atoms. The second kappa shape index (κ2) is 6.35. The van der Waals surface area contributed by atoms with Crippen LogP contribution in [0.5, 0.6) is 0 Å². The highest BCUT2D eigenvalue weighted by Gasteiger charge is 2.13. The summed E-state index contributed by atoms with van der Waals surface area (Å²) in [6.07, 6.45) is 2.34. The molecule has 0 aliphatic carbocycles. The van der Waals surface area contributed by atoms with Gasteiger partial charge in [-0.3, -0.25) is 4.79 Å². The lowest BCUT2D eigenvalue weighted by atomic mass is 10.1. The zero-order valence-electron chi connectivity index (χ0n) is 12.4. The fourth-order valence-corrected chi connectivity index (χ4v) is 2.43. The summed E-state index contributed by atoms with van der Waals surface area (Å²) in [6.45, 7) is 2.07. The molecule has 4 nitrogen and oxygen atoms in total. The van der Waals surface area contributed by atoms with Crippen LogP contribution in [0.1, 0.15) is 27.3 Å². The molecule has 0 radical (unpaired) electrons. The van der Waals surface area contributed by atoms with Crippen molar-refractivity contribution in [1.29, 1.82) is 0 Å². The van der Waals surface area contributed by atoms with Gasteiger partial charge in [-0.2, -0.15) is 0 Å². The molecule has 3 aromatic rings. The van der Waals surface area contributed by atoms with Crippen LogP contribution in [0.4, 0.5) is 0 Å². The van der Waals surface area contributed by atoms with Gasteiger partial charge < -0.3 is 0 Å². The lowest BCUT2D eigenvalue weighted by Gasteiger charge is -2.07. The molecular formula is C18H17N3O. The summed E-state index contributed by atoms with van der Waals surface area (Å²) >= 11 is 0. The standard InChI is InChI=1S/C18H17N3O/c1-14-7-9-15(10-8-14)11-12-18-17(13-22)19-20-21(18)16-5-3-2-4-6-16/h2-10,13H,11-12H2,1H3. The SMILES string of the molecule is Cc1ccc(CCc2c(C=O)nnn2-c2ccccc2)cc1. The molecule has 0 bridgehead atoms. The van der Waals surface area contributed by atoms with Crippen molar-refractivity contribution >= 4 is 6.29 Å². The van der Waals surface area contributed by atoms with Crippen molar-refractivity contribution in [3.8, 4) is 5.69 Å². The number of aromatic nitrogens is 3. The molecule has 0 aliphatic heterocycles. The number of aryl methyl sites for hydroxylation is 2. The Morgan fingerprint density at radius 3 is 2.41 bits per heavy atom. The van der Waals surface area contributed by atoms with E-state index < -0.39 is 0 Å². The summed E-state index contributed by atoms with van der Waals surface area (Å²) in [5, 5.41) is 8.10. The maximum Gasteiger partial charge on any atom is 0.172 e. The molecule has 0 amide bonds. The van der Waals surface area contributed by atoms with Gasteiger partial charge >= 0.3 is 0 Å². The minimum atomic E-state index is 0.413. The van der Waals surface area contributed by atoms with Gasteiger partial charge in [-0.1, -0.05) is 53.2 Å². The van der Waals surface area contributed by atoms with Crippen molar-refractivity contribution in [2.45, 2.75) is 19.8 Å². The van der Waals surface area contributed by atoms with Crippen LogP contribution in [0.15, 0.2) is 54.6 Å². The third-order valence-electron chi connectivity index (χ3n) is 3.68. The average Bonchev–Trinajstić information content (AvgIpc) is 2.98. The van der Waals surface area contributed by atoms with E-state index in [-0.39, 0.29) is 0 Å². The van der Waals surface area contributed by atoms with Crippen molar-refractivity contribution in [3.63, 3.8) is 0 Å². The van der Waals surface area contributed by atoms with Gasteiger partial charge in [0.25, 0.3) is 0 Å². The van der Waals surface area contributed by atoms with Crippen LogP contribution in [-0.4, -0.2) is 21.3 Å². The molecule has 0 fully saturated rings. The fourth-order valence-electron chi connectivity index (χ4n) is 2.43. The molecule has 4 heteroatoms. The van der Waals surface area contributed by atoms with Gasteiger partial charge in [0, 0.05) is 0 Å². The highest BCUT2D eigenvalue weighted by atomic mass is 16.1. The maximum absolute atomic E-state index is 11.2. The lowest BCUT2D eigenvalue weighted by Crippen LogP contribution is -2.05. The van der Waals surface area contributed by atoms with Gasteiger partial charge in [0.2, 0.25) is 0 Å². The zero-order chi connectivity index (χ0) is 15.4. The normalized spacial score (nSPS) is 10.6. The first kappa shape index (κ1) is 14.2. The Balaban J connectivity index is 1.87. The molecule has 3 rings (SSSR count). The molecule has 1 aromatic heterocycles. The summed E-state index contributed by atoms with van der Waals surface area (Å²) in [7, 11) is 0. The molecule has 0 atom stereocenters. The molecule has 0 saturated heterocycles. The van der Waals surface area contributed by atoms with Gasteiger partial charge in [0.15, 0.2) is 6.29 Å². The molecular weight excluding hydrogens is 274 g/mol. The van der Waals surface area contributed by atoms with E-state index in [0.717, 1.165) is 30.5 Å². The van der Waals surface area contributed by atoms with E-state index in [4.69, 9.17) is 0 Å². The Hall–Kier alpha value is -2.75. The zero-order valence-corrected chi connectivity index (χ0v) is 12.4. The number of nitrogens with zero attached hydrogens (tertiary/aromatic N) is 3. The molecule has 0 saturated carbocycles. The summed E-state index contributed by atoms with van der Waals surface area (Å²) in [6, 6.07) is 18.2. The Labute approximate surface area is 129 Å². The first-order valence-corrected chi connectivity index (χ1v) is 7.28. The van der Waals surface area contributed by atoms with E-state index in [1.165, 1.54) is 11.1 Å². The van der Waals surface area contributed by atoms with Crippen molar-refractivity contribution in [2.24, 2.45) is 0 Å². The van der Waals surface area contributed by atoms with E-state index in [0.29, 0.717) is 5.69 Å². The smallest absolute Gasteiger partial charge is 0.172 e. The number of hydrogen-bond acceptors (Lipinski definition) is 3. The van der Waals surface area contributed by atoms with Crippen molar-refractivity contribution in [3.05, 3.63) is 77.1 Å². The number of carbonyl (C=O) groups excluding carboxylic acids is 1. The first-order chi connectivity index (χ1) is 10.8. The van der Waals surface area contributed by atoms with E-state index >= 15 is 0 Å². The highest BCUT2D eigenvalue weighted by Crippen LogP contribution is 2.15. The van der Waals surface area contributed by atoms with Crippen LogP contribution >= 0.6 is 0 Å². The van der Waals surface area contributed by atoms with Crippen LogP contribution in [0.3, 0.4) is 0 Å². The number of carbonyl (C=O) groups is 1. The van der Waals surface area contributed by atoms with Gasteiger partial charge in [-0.05, 0) is 37.5 Å². The number of rotatable bonds is 5. The van der Waals surface area contributed by atoms with Crippen molar-refractivity contribution < 1.29 is 4.79 Å². The number of para-hydroxylation sites is 1. The first-order valence-electron chi connectivity index (χ1n) is 7.28. The number of aldehydes is 1. The molecule has 2 aromatic carbocycles. The summed E-state index contributed by atoms with van der Waals surface area (Å²) in [5.74, 6) is 0. The third-order valence-corrected chi connectivity index (χ3v) is 3.68. The van der Waals surface area contributed by atoms with E-state index in [1.807, 2.05) is 30.3 Å². The number of benzene rings is 2. The average molecular weight is 291 g/mol. The van der Waals surface area contributed by atoms with Gasteiger partial charge in [-0.15, -0.1) is 5.10 Å². The van der Waals surface area contributed by atoms with Crippen molar-refractivity contribution in [2.75, 3.05) is 0 Å². The number of hydrogen-bond donors (Lipinski definition) is 0. The molecule has 22 heavy (non-hydrogen) atoms. The van der Waals surface area contributed by atoms with Crippen LogP contribution in [0, 0.1) is 6.92 Å². The van der Waals surface area contributed by atoms with Crippen LogP contribution in [0.25, 0.3) is 5.69 Å². The summed E-state index contributed by atoms with van der Waals surface area (Å²) in [4.78, 5) is 11.2. The van der Waals surface area contributed by atoms with Crippen molar-refractivity contribution in [1.82, 2.24) is 15.0 Å². The fraction of sp³-hybridized carbons (Fsp3) is 0.167. The molecule has 0 N–H and O–H groups in total. The van der Waals surface area contributed by atoms with E-state index in [9.17, 15) is 4.79 Å². The minimum absolute atomic E-state index is 0.413. The lowest BCUT2D eigenvalue weighted by molar-refractivity contribution is 0.111. The molecule has 1 heterocycles.